The molecule has 0 aliphatic heterocycles. The third kappa shape index (κ3) is 3.24. The maximum atomic E-state index is 5.93. The molecule has 0 bridgehead atoms. The van der Waals surface area contributed by atoms with Crippen molar-refractivity contribution in [2.45, 2.75) is 58.4 Å². The molecule has 0 aromatic heterocycles. The van der Waals surface area contributed by atoms with E-state index in [4.69, 9.17) is 5.73 Å². The van der Waals surface area contributed by atoms with Gasteiger partial charge in [-0.2, -0.15) is 0 Å². The normalized spacial score (nSPS) is 32.5. The lowest BCUT2D eigenvalue weighted by molar-refractivity contribution is 0.254. The second-order valence-corrected chi connectivity index (χ2v) is 4.71. The quantitative estimate of drug-likeness (QED) is 0.572. The Morgan fingerprint density at radius 3 is 2.55 bits per heavy atom. The Labute approximate surface area is 70.4 Å². The molecular weight excluding hydrogens is 134 g/mol. The number of nitrogens with two attached hydrogens (primary N) is 1. The van der Waals surface area contributed by atoms with Gasteiger partial charge in [-0.3, -0.25) is 0 Å². The first-order chi connectivity index (χ1) is 5.10. The van der Waals surface area contributed by atoms with Crippen LogP contribution in [0.5, 0.6) is 0 Å². The molecule has 1 rings (SSSR count). The van der Waals surface area contributed by atoms with Crippen LogP contribution in [0.3, 0.4) is 0 Å². The fourth-order valence-corrected chi connectivity index (χ4v) is 1.86. The monoisotopic (exact) mass is 155 g/mol. The van der Waals surface area contributed by atoms with Crippen molar-refractivity contribution in [3.05, 3.63) is 0 Å². The Hall–Kier alpha value is -0.0400. The number of rotatable bonds is 0. The van der Waals surface area contributed by atoms with Crippen LogP contribution >= 0.6 is 0 Å². The second kappa shape index (κ2) is 3.57. The molecule has 0 aromatic carbocycles. The van der Waals surface area contributed by atoms with Crippen LogP contribution in [0.15, 0.2) is 0 Å². The minimum atomic E-state index is 0.481. The van der Waals surface area contributed by atoms with E-state index in [1.54, 1.807) is 0 Å². The van der Waals surface area contributed by atoms with E-state index in [9.17, 15) is 0 Å². The summed E-state index contributed by atoms with van der Waals surface area (Å²) in [5, 5.41) is 0. The Kier molecular flexibility index (Phi) is 2.94. The highest BCUT2D eigenvalue weighted by molar-refractivity contribution is 4.75. The molecule has 1 aliphatic rings. The van der Waals surface area contributed by atoms with Crippen LogP contribution in [0.2, 0.25) is 0 Å². The van der Waals surface area contributed by atoms with Crippen molar-refractivity contribution < 1.29 is 0 Å². The third-order valence-corrected chi connectivity index (χ3v) is 2.87. The van der Waals surface area contributed by atoms with Crippen molar-refractivity contribution in [1.82, 2.24) is 0 Å². The van der Waals surface area contributed by atoms with Crippen LogP contribution in [0, 0.1) is 5.41 Å². The highest BCUT2D eigenvalue weighted by Gasteiger charge is 2.20. The zero-order chi connectivity index (χ0) is 8.32. The van der Waals surface area contributed by atoms with Gasteiger partial charge in [0.1, 0.15) is 0 Å². The zero-order valence-electron chi connectivity index (χ0n) is 7.90. The predicted molar refractivity (Wildman–Crippen MR) is 49.5 cm³/mol. The van der Waals surface area contributed by atoms with Gasteiger partial charge >= 0.3 is 0 Å². The highest BCUT2D eigenvalue weighted by Crippen LogP contribution is 2.32. The molecule has 0 amide bonds. The molecule has 66 valence electrons. The molecule has 1 fully saturated rings. The molecular formula is C10H21N. The van der Waals surface area contributed by atoms with E-state index in [0.29, 0.717) is 11.5 Å². The largest absolute Gasteiger partial charge is 0.328 e. The Morgan fingerprint density at radius 2 is 1.82 bits per heavy atom. The Morgan fingerprint density at radius 1 is 1.09 bits per heavy atom. The molecule has 1 atom stereocenters. The van der Waals surface area contributed by atoms with E-state index in [-0.39, 0.29) is 0 Å². The second-order valence-electron chi connectivity index (χ2n) is 4.71. The van der Waals surface area contributed by atoms with Crippen molar-refractivity contribution in [3.8, 4) is 0 Å². The maximum Gasteiger partial charge on any atom is 0.00390 e. The van der Waals surface area contributed by atoms with Gasteiger partial charge in [0.05, 0.1) is 0 Å². The van der Waals surface area contributed by atoms with Crippen molar-refractivity contribution in [2.24, 2.45) is 11.1 Å². The fourth-order valence-electron chi connectivity index (χ4n) is 1.86. The molecule has 0 spiro atoms. The fraction of sp³-hybridized carbons (Fsp3) is 1.00. The van der Waals surface area contributed by atoms with E-state index in [1.807, 2.05) is 0 Å². The lowest BCUT2D eigenvalue weighted by atomic mass is 9.79. The molecule has 1 unspecified atom stereocenters. The molecule has 0 aromatic rings. The smallest absolute Gasteiger partial charge is 0.00390 e. The standard InChI is InChI=1S/C10H21N/c1-10(2)7-4-3-5-9(11)6-8-10/h9H,3-8,11H2,1-2H3. The van der Waals surface area contributed by atoms with Crippen LogP contribution in [-0.2, 0) is 0 Å². The molecule has 0 heterocycles. The van der Waals surface area contributed by atoms with Crippen LogP contribution in [-0.4, -0.2) is 6.04 Å². The van der Waals surface area contributed by atoms with Crippen molar-refractivity contribution in [3.63, 3.8) is 0 Å². The van der Waals surface area contributed by atoms with Crippen molar-refractivity contribution in [1.29, 1.82) is 0 Å². The van der Waals surface area contributed by atoms with Crippen LogP contribution in [0.1, 0.15) is 52.4 Å². The van der Waals surface area contributed by atoms with E-state index < -0.39 is 0 Å². The van der Waals surface area contributed by atoms with E-state index in [0.717, 1.165) is 0 Å². The van der Waals surface area contributed by atoms with Gasteiger partial charge in [0.15, 0.2) is 0 Å². The molecule has 1 nitrogen and oxygen atoms in total. The van der Waals surface area contributed by atoms with E-state index in [2.05, 4.69) is 13.8 Å². The average Bonchev–Trinajstić information content (AvgIpc) is 1.92. The summed E-state index contributed by atoms with van der Waals surface area (Å²) in [6.45, 7) is 4.73. The Bertz CT molecular complexity index is 118. The first-order valence-electron chi connectivity index (χ1n) is 4.86. The summed E-state index contributed by atoms with van der Waals surface area (Å²) in [6, 6.07) is 0.481. The number of hydrogen-bond donors (Lipinski definition) is 1. The van der Waals surface area contributed by atoms with Gasteiger partial charge in [-0.15, -0.1) is 0 Å². The molecule has 11 heavy (non-hydrogen) atoms. The summed E-state index contributed by atoms with van der Waals surface area (Å²) in [6.07, 6.45) is 7.89. The summed E-state index contributed by atoms with van der Waals surface area (Å²) in [5.74, 6) is 0. The van der Waals surface area contributed by atoms with Gasteiger partial charge in [0.2, 0.25) is 0 Å². The molecule has 1 aliphatic carbocycles. The summed E-state index contributed by atoms with van der Waals surface area (Å²) in [7, 11) is 0. The van der Waals surface area contributed by atoms with Gasteiger partial charge in [-0.05, 0) is 31.1 Å². The van der Waals surface area contributed by atoms with E-state index in [1.165, 1.54) is 38.5 Å². The van der Waals surface area contributed by atoms with Crippen molar-refractivity contribution >= 4 is 0 Å². The van der Waals surface area contributed by atoms with Gasteiger partial charge in [-0.1, -0.05) is 26.7 Å². The van der Waals surface area contributed by atoms with Crippen LogP contribution in [0.25, 0.3) is 0 Å². The topological polar surface area (TPSA) is 26.0 Å². The zero-order valence-corrected chi connectivity index (χ0v) is 7.90. The van der Waals surface area contributed by atoms with Crippen molar-refractivity contribution in [2.75, 3.05) is 0 Å². The van der Waals surface area contributed by atoms with E-state index >= 15 is 0 Å². The van der Waals surface area contributed by atoms with Gasteiger partial charge in [0.25, 0.3) is 0 Å². The van der Waals surface area contributed by atoms with Crippen LogP contribution < -0.4 is 5.73 Å². The summed E-state index contributed by atoms with van der Waals surface area (Å²) >= 11 is 0. The first-order valence-corrected chi connectivity index (χ1v) is 4.86. The SMILES string of the molecule is CC1(C)CCCCC(N)CC1. The number of hydrogen-bond acceptors (Lipinski definition) is 1. The predicted octanol–water partition coefficient (Wildman–Crippen LogP) is 2.69. The summed E-state index contributed by atoms with van der Waals surface area (Å²) in [5.41, 5.74) is 6.48. The van der Waals surface area contributed by atoms with Gasteiger partial charge < -0.3 is 5.73 Å². The minimum Gasteiger partial charge on any atom is -0.328 e. The summed E-state index contributed by atoms with van der Waals surface area (Å²) < 4.78 is 0. The van der Waals surface area contributed by atoms with Gasteiger partial charge in [-0.25, -0.2) is 0 Å². The lowest BCUT2D eigenvalue weighted by Gasteiger charge is -2.28. The molecule has 1 heteroatoms. The molecule has 0 saturated heterocycles. The Balaban J connectivity index is 2.38. The highest BCUT2D eigenvalue weighted by atomic mass is 14.6. The van der Waals surface area contributed by atoms with Gasteiger partial charge in [0, 0.05) is 6.04 Å². The maximum absolute atomic E-state index is 5.93. The third-order valence-electron chi connectivity index (χ3n) is 2.87. The lowest BCUT2D eigenvalue weighted by Crippen LogP contribution is -2.25. The molecule has 2 N–H and O–H groups in total. The molecule has 0 radical (unpaired) electrons. The summed E-state index contributed by atoms with van der Waals surface area (Å²) in [4.78, 5) is 0. The first kappa shape index (κ1) is 9.05. The molecule has 1 saturated carbocycles. The van der Waals surface area contributed by atoms with Crippen LogP contribution in [0.4, 0.5) is 0 Å². The average molecular weight is 155 g/mol. The minimum absolute atomic E-state index is 0.481.